The van der Waals surface area contributed by atoms with Gasteiger partial charge in [-0.1, -0.05) is 6.92 Å². The monoisotopic (exact) mass is 318 g/mol. The topological polar surface area (TPSA) is 58.2 Å². The largest absolute Gasteiger partial charge is 0.338 e. The van der Waals surface area contributed by atoms with Crippen molar-refractivity contribution in [1.82, 2.24) is 5.32 Å². The van der Waals surface area contributed by atoms with Crippen LogP contribution in [0.2, 0.25) is 0 Å². The highest BCUT2D eigenvalue weighted by Gasteiger charge is 2.08. The van der Waals surface area contributed by atoms with Gasteiger partial charge in [-0.05, 0) is 36.1 Å². The molecule has 0 aliphatic rings. The number of hydrogen-bond acceptors (Lipinski definition) is 3. The first kappa shape index (κ1) is 17.0. The first-order chi connectivity index (χ1) is 9.54. The van der Waals surface area contributed by atoms with Gasteiger partial charge in [0.2, 0.25) is 0 Å². The van der Waals surface area contributed by atoms with E-state index in [0.717, 1.165) is 17.9 Å². The van der Waals surface area contributed by atoms with E-state index in [0.29, 0.717) is 12.2 Å². The minimum Gasteiger partial charge on any atom is -0.338 e. The molecule has 1 rings (SSSR count). The normalized spacial score (nSPS) is 11.9. The van der Waals surface area contributed by atoms with Crippen LogP contribution < -0.4 is 10.6 Å². The molecule has 1 aromatic carbocycles. The number of carbonyl (C=O) groups excluding carboxylic acids is 1. The molecule has 0 spiro atoms. The molecule has 1 aromatic rings. The molecule has 0 fully saturated rings. The van der Waals surface area contributed by atoms with Crippen LogP contribution >= 0.6 is 11.8 Å². The van der Waals surface area contributed by atoms with Gasteiger partial charge in [-0.2, -0.15) is 11.8 Å². The van der Waals surface area contributed by atoms with Crippen LogP contribution in [-0.2, 0) is 10.8 Å². The molecule has 1 atom stereocenters. The Labute approximate surface area is 125 Å². The number of carbonyl (C=O) groups is 1. The van der Waals surface area contributed by atoms with Crippen molar-refractivity contribution in [3.05, 3.63) is 24.0 Å². The zero-order valence-electron chi connectivity index (χ0n) is 11.6. The molecule has 20 heavy (non-hydrogen) atoms. The van der Waals surface area contributed by atoms with Crippen molar-refractivity contribution >= 4 is 34.3 Å². The third-order valence-electron chi connectivity index (χ3n) is 2.45. The Kier molecular flexibility index (Phi) is 7.61. The minimum atomic E-state index is -1.38. The Morgan fingerprint density at radius 3 is 2.80 bits per heavy atom. The maximum absolute atomic E-state index is 13.6. The number of anilines is 1. The van der Waals surface area contributed by atoms with Gasteiger partial charge in [0.05, 0.1) is 15.7 Å². The second-order valence-corrected chi connectivity index (χ2v) is 6.77. The summed E-state index contributed by atoms with van der Waals surface area (Å²) >= 11 is 1.82. The predicted octanol–water partition coefficient (Wildman–Crippen LogP) is 2.83. The molecule has 0 saturated heterocycles. The van der Waals surface area contributed by atoms with Crippen LogP contribution in [0, 0.1) is 5.82 Å². The maximum atomic E-state index is 13.6. The molecule has 2 N–H and O–H groups in total. The van der Waals surface area contributed by atoms with Gasteiger partial charge < -0.3 is 10.6 Å². The van der Waals surface area contributed by atoms with Crippen LogP contribution in [0.1, 0.15) is 13.3 Å². The van der Waals surface area contributed by atoms with Crippen LogP contribution in [0.4, 0.5) is 14.9 Å². The molecule has 0 heterocycles. The molecular weight excluding hydrogens is 299 g/mol. The predicted molar refractivity (Wildman–Crippen MR) is 83.4 cm³/mol. The van der Waals surface area contributed by atoms with Crippen LogP contribution in [0.3, 0.4) is 0 Å². The van der Waals surface area contributed by atoms with Crippen molar-refractivity contribution in [2.75, 3.05) is 29.6 Å². The molecule has 0 bridgehead atoms. The van der Waals surface area contributed by atoms with Crippen molar-refractivity contribution in [2.24, 2.45) is 0 Å². The lowest BCUT2D eigenvalue weighted by atomic mass is 10.3. The first-order valence-electron chi connectivity index (χ1n) is 6.30. The lowest BCUT2D eigenvalue weighted by molar-refractivity contribution is 0.252. The third-order valence-corrected chi connectivity index (χ3v) is 4.39. The Bertz CT molecular complexity index is 483. The summed E-state index contributed by atoms with van der Waals surface area (Å²) < 4.78 is 24.8. The summed E-state index contributed by atoms with van der Waals surface area (Å²) in [5.74, 6) is 1.49. The van der Waals surface area contributed by atoms with E-state index in [1.54, 1.807) is 0 Å². The Morgan fingerprint density at radius 1 is 1.45 bits per heavy atom. The molecule has 7 heteroatoms. The molecule has 112 valence electrons. The highest BCUT2D eigenvalue weighted by molar-refractivity contribution is 7.99. The number of nitrogens with one attached hydrogen (secondary N) is 2. The molecule has 0 aliphatic carbocycles. The van der Waals surface area contributed by atoms with Gasteiger partial charge in [0.15, 0.2) is 0 Å². The van der Waals surface area contributed by atoms with Crippen molar-refractivity contribution < 1.29 is 13.4 Å². The quantitative estimate of drug-likeness (QED) is 0.760. The van der Waals surface area contributed by atoms with E-state index in [4.69, 9.17) is 0 Å². The zero-order valence-corrected chi connectivity index (χ0v) is 13.2. The van der Waals surface area contributed by atoms with E-state index in [-0.39, 0.29) is 10.9 Å². The number of urea groups is 1. The summed E-state index contributed by atoms with van der Waals surface area (Å²) in [6.45, 7) is 2.67. The van der Waals surface area contributed by atoms with Crippen molar-refractivity contribution in [1.29, 1.82) is 0 Å². The van der Waals surface area contributed by atoms with Crippen LogP contribution in [-0.4, -0.2) is 34.5 Å². The SMILES string of the molecule is CCSCCCNC(=O)Nc1ccc(S(C)=O)c(F)c1. The van der Waals surface area contributed by atoms with E-state index in [1.807, 2.05) is 11.8 Å². The van der Waals surface area contributed by atoms with Gasteiger partial charge in [0, 0.05) is 18.5 Å². The van der Waals surface area contributed by atoms with Crippen LogP contribution in [0.15, 0.2) is 23.1 Å². The van der Waals surface area contributed by atoms with Gasteiger partial charge in [0.1, 0.15) is 5.82 Å². The van der Waals surface area contributed by atoms with E-state index in [9.17, 15) is 13.4 Å². The summed E-state index contributed by atoms with van der Waals surface area (Å²) in [6, 6.07) is 3.76. The lowest BCUT2D eigenvalue weighted by Crippen LogP contribution is -2.29. The van der Waals surface area contributed by atoms with Crippen LogP contribution in [0.25, 0.3) is 0 Å². The van der Waals surface area contributed by atoms with E-state index in [2.05, 4.69) is 17.6 Å². The standard InChI is InChI=1S/C13H19FN2O2S2/c1-3-19-8-4-7-15-13(17)16-10-5-6-12(20(2)18)11(14)9-10/h5-6,9H,3-4,7-8H2,1-2H3,(H2,15,16,17). The molecule has 0 aromatic heterocycles. The summed E-state index contributed by atoms with van der Waals surface area (Å²) in [5.41, 5.74) is 0.345. The van der Waals surface area contributed by atoms with Gasteiger partial charge in [0.25, 0.3) is 0 Å². The maximum Gasteiger partial charge on any atom is 0.319 e. The Hall–Kier alpha value is -1.08. The number of thioether (sulfide) groups is 1. The van der Waals surface area contributed by atoms with Crippen molar-refractivity contribution in [2.45, 2.75) is 18.2 Å². The van der Waals surface area contributed by atoms with Crippen LogP contribution in [0.5, 0.6) is 0 Å². The van der Waals surface area contributed by atoms with Crippen molar-refractivity contribution in [3.8, 4) is 0 Å². The Balaban J connectivity index is 2.42. The summed E-state index contributed by atoms with van der Waals surface area (Å²) in [5, 5.41) is 5.25. The second kappa shape index (κ2) is 8.97. The highest BCUT2D eigenvalue weighted by atomic mass is 32.2. The fourth-order valence-corrected chi connectivity index (χ4v) is 2.74. The van der Waals surface area contributed by atoms with E-state index < -0.39 is 16.6 Å². The van der Waals surface area contributed by atoms with Gasteiger partial charge in [-0.3, -0.25) is 4.21 Å². The smallest absolute Gasteiger partial charge is 0.319 e. The fraction of sp³-hybridized carbons (Fsp3) is 0.462. The average molecular weight is 318 g/mol. The van der Waals surface area contributed by atoms with E-state index >= 15 is 0 Å². The fourth-order valence-electron chi connectivity index (χ4n) is 1.51. The minimum absolute atomic E-state index is 0.132. The number of benzene rings is 1. The highest BCUT2D eigenvalue weighted by Crippen LogP contribution is 2.16. The Morgan fingerprint density at radius 2 is 2.20 bits per heavy atom. The third kappa shape index (κ3) is 5.92. The average Bonchev–Trinajstić information content (AvgIpc) is 2.38. The number of halogens is 1. The van der Waals surface area contributed by atoms with Crippen molar-refractivity contribution in [3.63, 3.8) is 0 Å². The molecule has 0 aliphatic heterocycles. The second-order valence-electron chi connectivity index (χ2n) is 4.03. The van der Waals surface area contributed by atoms with E-state index in [1.165, 1.54) is 24.5 Å². The number of amides is 2. The number of rotatable bonds is 7. The molecule has 4 nitrogen and oxygen atoms in total. The zero-order chi connectivity index (χ0) is 15.0. The molecule has 1 unspecified atom stereocenters. The summed E-state index contributed by atoms with van der Waals surface area (Å²) in [4.78, 5) is 11.7. The van der Waals surface area contributed by atoms with Gasteiger partial charge in [-0.25, -0.2) is 9.18 Å². The van der Waals surface area contributed by atoms with Gasteiger partial charge >= 0.3 is 6.03 Å². The lowest BCUT2D eigenvalue weighted by Gasteiger charge is -2.08. The summed E-state index contributed by atoms with van der Waals surface area (Å²) in [6.07, 6.45) is 2.31. The number of hydrogen-bond donors (Lipinski definition) is 2. The first-order valence-corrected chi connectivity index (χ1v) is 9.01. The molecular formula is C13H19FN2O2S2. The molecule has 2 amide bonds. The summed E-state index contributed by atoms with van der Waals surface area (Å²) in [7, 11) is -1.38. The van der Waals surface area contributed by atoms with Gasteiger partial charge in [-0.15, -0.1) is 0 Å². The molecule has 0 radical (unpaired) electrons. The molecule has 0 saturated carbocycles.